The van der Waals surface area contributed by atoms with E-state index in [1.165, 1.54) is 12.8 Å². The average molecular weight is 236 g/mol. The minimum absolute atomic E-state index is 0.395. The van der Waals surface area contributed by atoms with Gasteiger partial charge in [-0.15, -0.1) is 0 Å². The van der Waals surface area contributed by atoms with Crippen molar-refractivity contribution in [3.8, 4) is 0 Å². The Morgan fingerprint density at radius 3 is 2.65 bits per heavy atom. The summed E-state index contributed by atoms with van der Waals surface area (Å²) in [5.74, 6) is 1.70. The van der Waals surface area contributed by atoms with Crippen LogP contribution in [-0.4, -0.2) is 26.8 Å². The van der Waals surface area contributed by atoms with Gasteiger partial charge >= 0.3 is 0 Å². The van der Waals surface area contributed by atoms with E-state index in [0.29, 0.717) is 18.0 Å². The third kappa shape index (κ3) is 3.28. The lowest BCUT2D eigenvalue weighted by Crippen LogP contribution is -2.35. The topological polar surface area (TPSA) is 42.7 Å². The van der Waals surface area contributed by atoms with Crippen LogP contribution < -0.4 is 5.32 Å². The fourth-order valence-corrected chi connectivity index (χ4v) is 2.10. The highest BCUT2D eigenvalue weighted by Gasteiger charge is 2.25. The molecule has 1 aromatic rings. The fraction of sp³-hybridized carbons (Fsp3) is 0.846. The molecule has 1 saturated carbocycles. The largest absolute Gasteiger partial charge is 0.311 e. The summed E-state index contributed by atoms with van der Waals surface area (Å²) in [7, 11) is 0. The van der Waals surface area contributed by atoms with Gasteiger partial charge in [0.2, 0.25) is 0 Å². The van der Waals surface area contributed by atoms with E-state index in [0.717, 1.165) is 18.3 Å². The lowest BCUT2D eigenvalue weighted by molar-refractivity contribution is 0.377. The lowest BCUT2D eigenvalue weighted by Gasteiger charge is -2.21. The van der Waals surface area contributed by atoms with Gasteiger partial charge in [0.15, 0.2) is 0 Å². The Balaban J connectivity index is 1.91. The molecule has 1 fully saturated rings. The SMILES string of the molecule is CC(Cc1ncnn1C(C)C)C(C)NC1CC1. The number of rotatable bonds is 6. The number of hydrogen-bond acceptors (Lipinski definition) is 3. The molecule has 0 bridgehead atoms. The van der Waals surface area contributed by atoms with Crippen molar-refractivity contribution >= 4 is 0 Å². The molecule has 17 heavy (non-hydrogen) atoms. The van der Waals surface area contributed by atoms with Gasteiger partial charge < -0.3 is 5.32 Å². The molecule has 4 heteroatoms. The number of aromatic nitrogens is 3. The second-order valence-corrected chi connectivity index (χ2v) is 5.63. The summed E-state index contributed by atoms with van der Waals surface area (Å²) in [5.41, 5.74) is 0. The summed E-state index contributed by atoms with van der Waals surface area (Å²) in [6, 6.07) is 1.72. The molecule has 0 saturated heterocycles. The molecule has 0 aliphatic heterocycles. The Morgan fingerprint density at radius 2 is 2.06 bits per heavy atom. The predicted octanol–water partition coefficient (Wildman–Crippen LogP) is 2.18. The standard InChI is InChI=1S/C13H24N4/c1-9(2)17-13(14-8-15-17)7-10(3)11(4)16-12-5-6-12/h8-12,16H,5-7H2,1-4H3. The normalized spacial score (nSPS) is 19.6. The smallest absolute Gasteiger partial charge is 0.138 e. The molecule has 96 valence electrons. The predicted molar refractivity (Wildman–Crippen MR) is 68.9 cm³/mol. The third-order valence-electron chi connectivity index (χ3n) is 3.57. The highest BCUT2D eigenvalue weighted by atomic mass is 15.3. The number of nitrogens with one attached hydrogen (secondary N) is 1. The Hall–Kier alpha value is -0.900. The second kappa shape index (κ2) is 5.17. The lowest BCUT2D eigenvalue weighted by atomic mass is 9.99. The van der Waals surface area contributed by atoms with Crippen molar-refractivity contribution in [1.29, 1.82) is 0 Å². The van der Waals surface area contributed by atoms with Crippen LogP contribution in [0.4, 0.5) is 0 Å². The Bertz CT molecular complexity index is 354. The first-order chi connectivity index (χ1) is 8.08. The zero-order chi connectivity index (χ0) is 12.4. The summed E-state index contributed by atoms with van der Waals surface area (Å²) in [6.45, 7) is 8.86. The van der Waals surface area contributed by atoms with Crippen LogP contribution in [0.25, 0.3) is 0 Å². The molecule has 1 heterocycles. The fourth-order valence-electron chi connectivity index (χ4n) is 2.10. The summed E-state index contributed by atoms with van der Waals surface area (Å²) in [4.78, 5) is 4.38. The van der Waals surface area contributed by atoms with Crippen molar-refractivity contribution in [2.45, 2.75) is 65.1 Å². The summed E-state index contributed by atoms with van der Waals surface area (Å²) < 4.78 is 2.03. The highest BCUT2D eigenvalue weighted by Crippen LogP contribution is 2.22. The van der Waals surface area contributed by atoms with Crippen LogP contribution in [0.2, 0.25) is 0 Å². The number of hydrogen-bond donors (Lipinski definition) is 1. The number of nitrogens with zero attached hydrogens (tertiary/aromatic N) is 3. The zero-order valence-electron chi connectivity index (χ0n) is 11.3. The third-order valence-corrected chi connectivity index (χ3v) is 3.57. The maximum Gasteiger partial charge on any atom is 0.138 e. The first-order valence-electron chi connectivity index (χ1n) is 6.72. The van der Waals surface area contributed by atoms with Crippen molar-refractivity contribution in [1.82, 2.24) is 20.1 Å². The minimum Gasteiger partial charge on any atom is -0.311 e. The average Bonchev–Trinajstić information content (AvgIpc) is 2.94. The van der Waals surface area contributed by atoms with Crippen LogP contribution in [-0.2, 0) is 6.42 Å². The van der Waals surface area contributed by atoms with E-state index in [1.807, 2.05) is 4.68 Å². The molecule has 1 aromatic heterocycles. The molecular formula is C13H24N4. The van der Waals surface area contributed by atoms with Gasteiger partial charge in [0.05, 0.1) is 0 Å². The van der Waals surface area contributed by atoms with Gasteiger partial charge in [0, 0.05) is 24.5 Å². The van der Waals surface area contributed by atoms with Crippen LogP contribution in [0.1, 0.15) is 52.4 Å². The zero-order valence-corrected chi connectivity index (χ0v) is 11.3. The molecule has 1 N–H and O–H groups in total. The monoisotopic (exact) mass is 236 g/mol. The van der Waals surface area contributed by atoms with E-state index >= 15 is 0 Å². The molecule has 0 aromatic carbocycles. The second-order valence-electron chi connectivity index (χ2n) is 5.63. The Kier molecular flexibility index (Phi) is 3.82. The van der Waals surface area contributed by atoms with E-state index in [2.05, 4.69) is 43.1 Å². The molecule has 2 unspecified atom stereocenters. The molecule has 0 radical (unpaired) electrons. The molecule has 0 spiro atoms. The van der Waals surface area contributed by atoms with E-state index < -0.39 is 0 Å². The van der Waals surface area contributed by atoms with Gasteiger partial charge in [-0.25, -0.2) is 9.67 Å². The van der Waals surface area contributed by atoms with Crippen molar-refractivity contribution in [3.63, 3.8) is 0 Å². The first kappa shape index (κ1) is 12.6. The van der Waals surface area contributed by atoms with Gasteiger partial charge in [-0.2, -0.15) is 5.10 Å². The van der Waals surface area contributed by atoms with Crippen LogP contribution in [0.15, 0.2) is 6.33 Å². The van der Waals surface area contributed by atoms with Gasteiger partial charge in [-0.05, 0) is 39.5 Å². The van der Waals surface area contributed by atoms with Crippen LogP contribution in [0, 0.1) is 5.92 Å². The van der Waals surface area contributed by atoms with Crippen molar-refractivity contribution in [2.24, 2.45) is 5.92 Å². The molecule has 1 aliphatic rings. The molecule has 1 aliphatic carbocycles. The van der Waals surface area contributed by atoms with E-state index in [9.17, 15) is 0 Å². The van der Waals surface area contributed by atoms with Crippen molar-refractivity contribution < 1.29 is 0 Å². The molecule has 4 nitrogen and oxygen atoms in total. The quantitative estimate of drug-likeness (QED) is 0.823. The van der Waals surface area contributed by atoms with E-state index in [4.69, 9.17) is 0 Å². The summed E-state index contributed by atoms with van der Waals surface area (Å²) in [5, 5.41) is 7.94. The first-order valence-corrected chi connectivity index (χ1v) is 6.72. The van der Waals surface area contributed by atoms with Crippen molar-refractivity contribution in [3.05, 3.63) is 12.2 Å². The van der Waals surface area contributed by atoms with Gasteiger partial charge in [-0.1, -0.05) is 6.92 Å². The van der Waals surface area contributed by atoms with E-state index in [-0.39, 0.29) is 0 Å². The maximum atomic E-state index is 4.38. The summed E-state index contributed by atoms with van der Waals surface area (Å²) in [6.07, 6.45) is 5.36. The Morgan fingerprint density at radius 1 is 1.35 bits per heavy atom. The highest BCUT2D eigenvalue weighted by molar-refractivity contribution is 4.92. The molecule has 2 atom stereocenters. The van der Waals surface area contributed by atoms with Crippen LogP contribution in [0.5, 0.6) is 0 Å². The maximum absolute atomic E-state index is 4.38. The van der Waals surface area contributed by atoms with Gasteiger partial charge in [0.25, 0.3) is 0 Å². The van der Waals surface area contributed by atoms with Crippen LogP contribution in [0.3, 0.4) is 0 Å². The summed E-state index contributed by atoms with van der Waals surface area (Å²) >= 11 is 0. The minimum atomic E-state index is 0.395. The van der Waals surface area contributed by atoms with Crippen LogP contribution >= 0.6 is 0 Å². The molecule has 2 rings (SSSR count). The van der Waals surface area contributed by atoms with Gasteiger partial charge in [0.1, 0.15) is 12.2 Å². The Labute approximate surface area is 104 Å². The van der Waals surface area contributed by atoms with E-state index in [1.54, 1.807) is 6.33 Å². The van der Waals surface area contributed by atoms with Crippen molar-refractivity contribution in [2.75, 3.05) is 0 Å². The molecule has 0 amide bonds. The molecular weight excluding hydrogens is 212 g/mol. The van der Waals surface area contributed by atoms with Gasteiger partial charge in [-0.3, -0.25) is 0 Å².